The Labute approximate surface area is 127 Å². The summed E-state index contributed by atoms with van der Waals surface area (Å²) in [7, 11) is 0. The van der Waals surface area contributed by atoms with Gasteiger partial charge in [0.2, 0.25) is 0 Å². The maximum atomic E-state index is 12.3. The third-order valence-electron chi connectivity index (χ3n) is 2.63. The number of para-hydroxylation sites is 2. The summed E-state index contributed by atoms with van der Waals surface area (Å²) in [5.41, 5.74) is 0.831. The van der Waals surface area contributed by atoms with Crippen molar-refractivity contribution in [2.45, 2.75) is 6.92 Å². The summed E-state index contributed by atoms with van der Waals surface area (Å²) < 4.78 is 5.43. The maximum absolute atomic E-state index is 12.3. The number of anilines is 1. The molecule has 0 atom stereocenters. The average molecular weight is 310 g/mol. The van der Waals surface area contributed by atoms with Crippen molar-refractivity contribution in [3.8, 4) is 5.75 Å². The van der Waals surface area contributed by atoms with E-state index in [1.165, 1.54) is 0 Å². The molecule has 20 heavy (non-hydrogen) atoms. The molecule has 0 spiro atoms. The lowest BCUT2D eigenvalue weighted by Crippen LogP contribution is -2.14. The number of rotatable bonds is 4. The predicted octanol–water partition coefficient (Wildman–Crippen LogP) is 4.64. The molecule has 0 unspecified atom stereocenters. The summed E-state index contributed by atoms with van der Waals surface area (Å²) in [5, 5.41) is 3.49. The van der Waals surface area contributed by atoms with Crippen LogP contribution in [0.2, 0.25) is 10.0 Å². The summed E-state index contributed by atoms with van der Waals surface area (Å²) in [6.07, 6.45) is 0. The summed E-state index contributed by atoms with van der Waals surface area (Å²) in [4.78, 5) is 12.3. The lowest BCUT2D eigenvalue weighted by Gasteiger charge is -2.12. The van der Waals surface area contributed by atoms with Gasteiger partial charge in [-0.3, -0.25) is 4.79 Å². The number of halogens is 2. The third kappa shape index (κ3) is 3.24. The third-order valence-corrected chi connectivity index (χ3v) is 3.26. The SMILES string of the molecule is CCOc1ccccc1C(=O)Nc1c(Cl)cccc1Cl. The standard InChI is InChI=1S/C15H13Cl2NO2/c1-2-20-13-9-4-3-6-10(13)15(19)18-14-11(16)7-5-8-12(14)17/h3-9H,2H2,1H3,(H,18,19). The van der Waals surface area contributed by atoms with Crippen molar-refractivity contribution < 1.29 is 9.53 Å². The zero-order valence-corrected chi connectivity index (χ0v) is 12.3. The highest BCUT2D eigenvalue weighted by Gasteiger charge is 2.15. The van der Waals surface area contributed by atoms with Gasteiger partial charge >= 0.3 is 0 Å². The van der Waals surface area contributed by atoms with Crippen molar-refractivity contribution in [2.24, 2.45) is 0 Å². The molecule has 0 saturated carbocycles. The second-order valence-electron chi connectivity index (χ2n) is 3.98. The topological polar surface area (TPSA) is 38.3 Å². The highest BCUT2D eigenvalue weighted by molar-refractivity contribution is 6.40. The molecule has 0 aliphatic rings. The molecule has 3 nitrogen and oxygen atoms in total. The van der Waals surface area contributed by atoms with Gasteiger partial charge in [-0.1, -0.05) is 41.4 Å². The number of benzene rings is 2. The summed E-state index contributed by atoms with van der Waals surface area (Å²) in [6, 6.07) is 12.1. The van der Waals surface area contributed by atoms with E-state index in [0.717, 1.165) is 0 Å². The van der Waals surface area contributed by atoms with Crippen molar-refractivity contribution in [3.63, 3.8) is 0 Å². The average Bonchev–Trinajstić information content (AvgIpc) is 2.44. The molecule has 0 aliphatic heterocycles. The van der Waals surface area contributed by atoms with Crippen molar-refractivity contribution in [1.82, 2.24) is 0 Å². The van der Waals surface area contributed by atoms with Crippen LogP contribution in [0.1, 0.15) is 17.3 Å². The Morgan fingerprint density at radius 2 is 1.75 bits per heavy atom. The Balaban J connectivity index is 2.29. The van der Waals surface area contributed by atoms with Gasteiger partial charge in [0, 0.05) is 0 Å². The first-order chi connectivity index (χ1) is 9.63. The molecule has 0 aromatic heterocycles. The molecule has 1 amide bonds. The van der Waals surface area contributed by atoms with E-state index in [4.69, 9.17) is 27.9 Å². The highest BCUT2D eigenvalue weighted by atomic mass is 35.5. The molecule has 2 aromatic rings. The Bertz CT molecular complexity index is 609. The Hall–Kier alpha value is -1.71. The first kappa shape index (κ1) is 14.7. The van der Waals surface area contributed by atoms with Gasteiger partial charge < -0.3 is 10.1 Å². The van der Waals surface area contributed by atoms with Crippen LogP contribution in [0.25, 0.3) is 0 Å². The largest absolute Gasteiger partial charge is 0.493 e. The molecule has 0 fully saturated rings. The van der Waals surface area contributed by atoms with E-state index < -0.39 is 0 Å². The number of ether oxygens (including phenoxy) is 1. The van der Waals surface area contributed by atoms with E-state index in [2.05, 4.69) is 5.32 Å². The first-order valence-electron chi connectivity index (χ1n) is 6.10. The van der Waals surface area contributed by atoms with Crippen LogP contribution in [0.5, 0.6) is 5.75 Å². The van der Waals surface area contributed by atoms with Crippen molar-refractivity contribution >= 4 is 34.8 Å². The van der Waals surface area contributed by atoms with Gasteiger partial charge in [-0.2, -0.15) is 0 Å². The number of hydrogen-bond donors (Lipinski definition) is 1. The Morgan fingerprint density at radius 3 is 2.40 bits per heavy atom. The zero-order valence-electron chi connectivity index (χ0n) is 10.8. The molecule has 2 rings (SSSR count). The smallest absolute Gasteiger partial charge is 0.259 e. The molecule has 0 heterocycles. The summed E-state index contributed by atoms with van der Waals surface area (Å²) in [6.45, 7) is 2.34. The summed E-state index contributed by atoms with van der Waals surface area (Å²) in [5.74, 6) is 0.208. The molecule has 0 bridgehead atoms. The van der Waals surface area contributed by atoms with Gasteiger partial charge in [0.05, 0.1) is 27.9 Å². The minimum absolute atomic E-state index is 0.316. The van der Waals surface area contributed by atoms with Gasteiger partial charge in [-0.05, 0) is 31.2 Å². The van der Waals surface area contributed by atoms with Crippen LogP contribution < -0.4 is 10.1 Å². The van der Waals surface area contributed by atoms with Crippen molar-refractivity contribution in [2.75, 3.05) is 11.9 Å². The van der Waals surface area contributed by atoms with Crippen LogP contribution in [0.3, 0.4) is 0 Å². The molecule has 0 saturated heterocycles. The van der Waals surface area contributed by atoms with E-state index in [1.807, 2.05) is 13.0 Å². The fourth-order valence-corrected chi connectivity index (χ4v) is 2.23. The van der Waals surface area contributed by atoms with Gasteiger partial charge in [-0.15, -0.1) is 0 Å². The second-order valence-corrected chi connectivity index (χ2v) is 4.79. The van der Waals surface area contributed by atoms with Crippen molar-refractivity contribution in [1.29, 1.82) is 0 Å². The van der Waals surface area contributed by atoms with E-state index in [9.17, 15) is 4.79 Å². The molecule has 0 radical (unpaired) electrons. The normalized spacial score (nSPS) is 10.2. The van der Waals surface area contributed by atoms with Crippen LogP contribution in [-0.4, -0.2) is 12.5 Å². The number of carbonyl (C=O) groups excluding carboxylic acids is 1. The molecular weight excluding hydrogens is 297 g/mol. The molecule has 0 aliphatic carbocycles. The lowest BCUT2D eigenvalue weighted by molar-refractivity contribution is 0.102. The predicted molar refractivity (Wildman–Crippen MR) is 82.0 cm³/mol. The molecule has 2 aromatic carbocycles. The molecule has 104 valence electrons. The zero-order chi connectivity index (χ0) is 14.5. The van der Waals surface area contributed by atoms with Crippen LogP contribution >= 0.6 is 23.2 Å². The quantitative estimate of drug-likeness (QED) is 0.893. The molecule has 5 heteroatoms. The van der Waals surface area contributed by atoms with E-state index in [-0.39, 0.29) is 5.91 Å². The van der Waals surface area contributed by atoms with Gasteiger partial charge in [0.1, 0.15) is 5.75 Å². The Kier molecular flexibility index (Phi) is 4.88. The van der Waals surface area contributed by atoms with Crippen LogP contribution in [0.15, 0.2) is 42.5 Å². The first-order valence-corrected chi connectivity index (χ1v) is 6.86. The highest BCUT2D eigenvalue weighted by Crippen LogP contribution is 2.31. The minimum Gasteiger partial charge on any atom is -0.493 e. The van der Waals surface area contributed by atoms with Gasteiger partial charge in [0.25, 0.3) is 5.91 Å². The van der Waals surface area contributed by atoms with E-state index >= 15 is 0 Å². The minimum atomic E-state index is -0.316. The fraction of sp³-hybridized carbons (Fsp3) is 0.133. The van der Waals surface area contributed by atoms with Crippen LogP contribution in [-0.2, 0) is 0 Å². The van der Waals surface area contributed by atoms with E-state index in [0.29, 0.717) is 33.7 Å². The second kappa shape index (κ2) is 6.64. The number of nitrogens with one attached hydrogen (secondary N) is 1. The number of amides is 1. The van der Waals surface area contributed by atoms with Gasteiger partial charge in [-0.25, -0.2) is 0 Å². The Morgan fingerprint density at radius 1 is 1.10 bits per heavy atom. The van der Waals surface area contributed by atoms with Gasteiger partial charge in [0.15, 0.2) is 0 Å². The maximum Gasteiger partial charge on any atom is 0.259 e. The van der Waals surface area contributed by atoms with Crippen molar-refractivity contribution in [3.05, 3.63) is 58.1 Å². The lowest BCUT2D eigenvalue weighted by atomic mass is 10.2. The van der Waals surface area contributed by atoms with Crippen LogP contribution in [0.4, 0.5) is 5.69 Å². The van der Waals surface area contributed by atoms with E-state index in [1.54, 1.807) is 36.4 Å². The summed E-state index contributed by atoms with van der Waals surface area (Å²) >= 11 is 12.1. The number of hydrogen-bond acceptors (Lipinski definition) is 2. The van der Waals surface area contributed by atoms with Crippen LogP contribution in [0, 0.1) is 0 Å². The number of carbonyl (C=O) groups is 1. The monoisotopic (exact) mass is 309 g/mol. The fourth-order valence-electron chi connectivity index (χ4n) is 1.73. The molecule has 1 N–H and O–H groups in total. The molecular formula is C15H13Cl2NO2.